The number of benzene rings is 1. The molecular weight excluding hydrogens is 261 g/mol. The quantitative estimate of drug-likeness (QED) is 0.893. The molecular formula is C14H14FN3S. The molecule has 0 fully saturated rings. The average Bonchev–Trinajstić information content (AvgIpc) is 2.79. The van der Waals surface area contributed by atoms with Crippen molar-refractivity contribution in [3.8, 4) is 6.07 Å². The standard InChI is InChI=1S/C14H14FN3S/c1-14(2,3)12-8-19-13(18-12)17-11-5-4-10(15)6-9(11)7-16/h4-6,8H,1-3H3,(H,17,18). The highest BCUT2D eigenvalue weighted by Gasteiger charge is 2.17. The summed E-state index contributed by atoms with van der Waals surface area (Å²) in [5.74, 6) is -0.420. The SMILES string of the molecule is CC(C)(C)c1csc(Nc2ccc(F)cc2C#N)n1. The third kappa shape index (κ3) is 3.09. The van der Waals surface area contributed by atoms with Gasteiger partial charge in [-0.2, -0.15) is 5.26 Å². The summed E-state index contributed by atoms with van der Waals surface area (Å²) in [4.78, 5) is 4.48. The first-order valence-electron chi connectivity index (χ1n) is 5.83. The van der Waals surface area contributed by atoms with E-state index >= 15 is 0 Å². The molecule has 0 spiro atoms. The molecule has 0 bridgehead atoms. The average molecular weight is 275 g/mol. The Morgan fingerprint density at radius 2 is 2.11 bits per heavy atom. The number of nitriles is 1. The Bertz CT molecular complexity index is 635. The summed E-state index contributed by atoms with van der Waals surface area (Å²) in [5.41, 5.74) is 1.81. The lowest BCUT2D eigenvalue weighted by atomic mass is 9.93. The fourth-order valence-electron chi connectivity index (χ4n) is 1.51. The molecule has 1 aromatic carbocycles. The second-order valence-electron chi connectivity index (χ2n) is 5.21. The number of hydrogen-bond donors (Lipinski definition) is 1. The van der Waals surface area contributed by atoms with Crippen molar-refractivity contribution in [3.05, 3.63) is 40.7 Å². The Labute approximate surface area is 115 Å². The van der Waals surface area contributed by atoms with Crippen molar-refractivity contribution in [2.45, 2.75) is 26.2 Å². The van der Waals surface area contributed by atoms with Crippen LogP contribution in [-0.2, 0) is 5.41 Å². The number of nitrogens with one attached hydrogen (secondary N) is 1. The predicted octanol–water partition coefficient (Wildman–Crippen LogP) is 4.19. The normalized spacial score (nSPS) is 11.1. The lowest BCUT2D eigenvalue weighted by Gasteiger charge is -2.14. The minimum atomic E-state index is -0.420. The van der Waals surface area contributed by atoms with Gasteiger partial charge in [-0.1, -0.05) is 20.8 Å². The number of rotatable bonds is 2. The van der Waals surface area contributed by atoms with Crippen LogP contribution in [-0.4, -0.2) is 4.98 Å². The van der Waals surface area contributed by atoms with Gasteiger partial charge in [-0.3, -0.25) is 0 Å². The third-order valence-electron chi connectivity index (χ3n) is 2.62. The van der Waals surface area contributed by atoms with E-state index in [4.69, 9.17) is 5.26 Å². The van der Waals surface area contributed by atoms with Gasteiger partial charge in [0.05, 0.1) is 16.9 Å². The smallest absolute Gasteiger partial charge is 0.187 e. The summed E-state index contributed by atoms with van der Waals surface area (Å²) in [6, 6.07) is 6.05. The van der Waals surface area contributed by atoms with Crippen molar-refractivity contribution < 1.29 is 4.39 Å². The van der Waals surface area contributed by atoms with E-state index in [1.165, 1.54) is 23.5 Å². The van der Waals surface area contributed by atoms with Crippen LogP contribution in [0.15, 0.2) is 23.6 Å². The Balaban J connectivity index is 2.27. The van der Waals surface area contributed by atoms with E-state index < -0.39 is 5.82 Å². The van der Waals surface area contributed by atoms with Gasteiger partial charge in [0.2, 0.25) is 0 Å². The van der Waals surface area contributed by atoms with Gasteiger partial charge in [0.15, 0.2) is 5.13 Å². The molecule has 5 heteroatoms. The molecule has 0 aliphatic heterocycles. The van der Waals surface area contributed by atoms with Gasteiger partial charge in [0.25, 0.3) is 0 Å². The van der Waals surface area contributed by atoms with E-state index in [0.717, 1.165) is 5.69 Å². The van der Waals surface area contributed by atoms with Crippen LogP contribution >= 0.6 is 11.3 Å². The van der Waals surface area contributed by atoms with Crippen LogP contribution in [0.4, 0.5) is 15.2 Å². The lowest BCUT2D eigenvalue weighted by Crippen LogP contribution is -2.11. The van der Waals surface area contributed by atoms with Crippen LogP contribution in [0, 0.1) is 17.1 Å². The number of halogens is 1. The van der Waals surface area contributed by atoms with E-state index in [2.05, 4.69) is 31.1 Å². The second kappa shape index (κ2) is 4.98. The number of aromatic nitrogens is 1. The topological polar surface area (TPSA) is 48.7 Å². The molecule has 0 unspecified atom stereocenters. The molecule has 0 atom stereocenters. The zero-order valence-corrected chi connectivity index (χ0v) is 11.8. The molecule has 0 radical (unpaired) electrons. The van der Waals surface area contributed by atoms with Gasteiger partial charge < -0.3 is 5.32 Å². The Morgan fingerprint density at radius 3 is 2.68 bits per heavy atom. The Morgan fingerprint density at radius 1 is 1.37 bits per heavy atom. The van der Waals surface area contributed by atoms with E-state index in [-0.39, 0.29) is 11.0 Å². The fourth-order valence-corrected chi connectivity index (χ4v) is 2.46. The third-order valence-corrected chi connectivity index (χ3v) is 3.37. The van der Waals surface area contributed by atoms with Gasteiger partial charge in [0.1, 0.15) is 11.9 Å². The molecule has 1 heterocycles. The molecule has 19 heavy (non-hydrogen) atoms. The summed E-state index contributed by atoms with van der Waals surface area (Å²) >= 11 is 1.47. The first-order valence-corrected chi connectivity index (χ1v) is 6.71. The van der Waals surface area contributed by atoms with Gasteiger partial charge >= 0.3 is 0 Å². The predicted molar refractivity (Wildman–Crippen MR) is 75.2 cm³/mol. The van der Waals surface area contributed by atoms with Gasteiger partial charge in [-0.25, -0.2) is 9.37 Å². The largest absolute Gasteiger partial charge is 0.330 e. The molecule has 3 nitrogen and oxygen atoms in total. The van der Waals surface area contributed by atoms with Crippen molar-refractivity contribution >= 4 is 22.2 Å². The first-order chi connectivity index (χ1) is 8.90. The Hall–Kier alpha value is -1.93. The molecule has 1 N–H and O–H groups in total. The van der Waals surface area contributed by atoms with Crippen LogP contribution in [0.25, 0.3) is 0 Å². The number of nitrogens with zero attached hydrogens (tertiary/aromatic N) is 2. The zero-order chi connectivity index (χ0) is 14.0. The lowest BCUT2D eigenvalue weighted by molar-refractivity contribution is 0.573. The van der Waals surface area contributed by atoms with Gasteiger partial charge in [-0.15, -0.1) is 11.3 Å². The minimum absolute atomic E-state index is 0.0166. The maximum absolute atomic E-state index is 13.0. The van der Waals surface area contributed by atoms with E-state index in [9.17, 15) is 4.39 Å². The van der Waals surface area contributed by atoms with Crippen molar-refractivity contribution in [2.24, 2.45) is 0 Å². The van der Waals surface area contributed by atoms with Crippen LogP contribution in [0.3, 0.4) is 0 Å². The fraction of sp³-hybridized carbons (Fsp3) is 0.286. The maximum atomic E-state index is 13.0. The van der Waals surface area contributed by atoms with Crippen molar-refractivity contribution in [2.75, 3.05) is 5.32 Å². The van der Waals surface area contributed by atoms with Crippen molar-refractivity contribution in [1.29, 1.82) is 5.26 Å². The summed E-state index contributed by atoms with van der Waals surface area (Å²) in [5, 5.41) is 14.7. The van der Waals surface area contributed by atoms with E-state index in [0.29, 0.717) is 10.8 Å². The van der Waals surface area contributed by atoms with Crippen LogP contribution < -0.4 is 5.32 Å². The van der Waals surface area contributed by atoms with E-state index in [1.54, 1.807) is 6.07 Å². The number of anilines is 2. The molecule has 2 aromatic rings. The monoisotopic (exact) mass is 275 g/mol. The molecule has 0 saturated carbocycles. The van der Waals surface area contributed by atoms with Crippen molar-refractivity contribution in [3.63, 3.8) is 0 Å². The molecule has 1 aromatic heterocycles. The number of thiazole rings is 1. The Kier molecular flexibility index (Phi) is 3.54. The van der Waals surface area contributed by atoms with Gasteiger partial charge in [0, 0.05) is 10.8 Å². The van der Waals surface area contributed by atoms with Gasteiger partial charge in [-0.05, 0) is 18.2 Å². The molecule has 0 aliphatic carbocycles. The van der Waals surface area contributed by atoms with E-state index in [1.807, 2.05) is 11.4 Å². The first kappa shape index (κ1) is 13.5. The zero-order valence-electron chi connectivity index (χ0n) is 11.0. The highest BCUT2D eigenvalue weighted by Crippen LogP contribution is 2.29. The molecule has 0 saturated heterocycles. The summed E-state index contributed by atoms with van der Waals surface area (Å²) in [6.07, 6.45) is 0. The van der Waals surface area contributed by atoms with Crippen LogP contribution in [0.1, 0.15) is 32.0 Å². The highest BCUT2D eigenvalue weighted by molar-refractivity contribution is 7.13. The molecule has 98 valence electrons. The van der Waals surface area contributed by atoms with Crippen LogP contribution in [0.5, 0.6) is 0 Å². The molecule has 2 rings (SSSR count). The minimum Gasteiger partial charge on any atom is -0.330 e. The summed E-state index contributed by atoms with van der Waals surface area (Å²) in [6.45, 7) is 6.26. The number of hydrogen-bond acceptors (Lipinski definition) is 4. The molecule has 0 amide bonds. The second-order valence-corrected chi connectivity index (χ2v) is 6.07. The summed E-state index contributed by atoms with van der Waals surface area (Å²) in [7, 11) is 0. The van der Waals surface area contributed by atoms with Crippen molar-refractivity contribution in [1.82, 2.24) is 4.98 Å². The summed E-state index contributed by atoms with van der Waals surface area (Å²) < 4.78 is 13.0. The highest BCUT2D eigenvalue weighted by atomic mass is 32.1. The molecule has 0 aliphatic rings. The van der Waals surface area contributed by atoms with Crippen LogP contribution in [0.2, 0.25) is 0 Å². The maximum Gasteiger partial charge on any atom is 0.187 e.